The molecule has 1 aromatic carbocycles. The second-order valence-corrected chi connectivity index (χ2v) is 8.82. The Morgan fingerprint density at radius 3 is 2.81 bits per heavy atom. The Bertz CT molecular complexity index is 978. The molecule has 0 aliphatic carbocycles. The number of rotatable bonds is 2. The first-order chi connectivity index (χ1) is 12.3. The average Bonchev–Trinajstić information content (AvgIpc) is 3.23. The average molecular weight is 434 g/mol. The Balaban J connectivity index is 1.78. The number of carbonyl (C=O) groups excluding carboxylic acids is 1. The molecule has 1 aliphatic rings. The quantitative estimate of drug-likeness (QED) is 0.601. The summed E-state index contributed by atoms with van der Waals surface area (Å²) in [7, 11) is 0. The molecule has 0 unspecified atom stereocenters. The van der Waals surface area contributed by atoms with Crippen LogP contribution in [0.3, 0.4) is 0 Å². The molecule has 0 N–H and O–H groups in total. The number of fused-ring (bicyclic) bond motifs is 1. The molecule has 1 aliphatic heterocycles. The normalized spacial score (nSPS) is 14.3. The Morgan fingerprint density at radius 2 is 2.12 bits per heavy atom. The molecule has 0 spiro atoms. The van der Waals surface area contributed by atoms with E-state index in [-0.39, 0.29) is 5.41 Å². The summed E-state index contributed by atoms with van der Waals surface area (Å²) in [5, 5.41) is 5.65. The van der Waals surface area contributed by atoms with Crippen LogP contribution in [0.5, 0.6) is 5.75 Å². The number of aromatic nitrogens is 4. The summed E-state index contributed by atoms with van der Waals surface area (Å²) in [5.74, 6) is 0.582. The van der Waals surface area contributed by atoms with E-state index in [4.69, 9.17) is 9.72 Å². The molecule has 7 nitrogen and oxygen atoms in total. The fraction of sp³-hybridized carbons (Fsp3) is 0.294. The Morgan fingerprint density at radius 1 is 1.31 bits per heavy atom. The van der Waals surface area contributed by atoms with Gasteiger partial charge in [0, 0.05) is 15.5 Å². The molecule has 3 heterocycles. The van der Waals surface area contributed by atoms with Crippen LogP contribution in [-0.2, 0) is 12.0 Å². The topological polar surface area (TPSA) is 73.1 Å². The van der Waals surface area contributed by atoms with Crippen LogP contribution in [-0.4, -0.2) is 25.8 Å². The van der Waals surface area contributed by atoms with Crippen molar-refractivity contribution in [3.8, 4) is 10.8 Å². The van der Waals surface area contributed by atoms with Gasteiger partial charge in [-0.3, -0.25) is 0 Å². The highest BCUT2D eigenvalue weighted by Gasteiger charge is 2.32. The summed E-state index contributed by atoms with van der Waals surface area (Å²) in [4.78, 5) is 22.8. The highest BCUT2D eigenvalue weighted by Crippen LogP contribution is 2.39. The minimum absolute atomic E-state index is 0.212. The molecule has 2 aromatic heterocycles. The smallest absolute Gasteiger partial charge is 0.410 e. The van der Waals surface area contributed by atoms with Crippen molar-refractivity contribution < 1.29 is 9.53 Å². The van der Waals surface area contributed by atoms with E-state index in [0.717, 1.165) is 20.7 Å². The Hall–Kier alpha value is -2.26. The number of amides is 1. The van der Waals surface area contributed by atoms with Gasteiger partial charge in [-0.25, -0.2) is 24.3 Å². The van der Waals surface area contributed by atoms with E-state index >= 15 is 0 Å². The highest BCUT2D eigenvalue weighted by atomic mass is 79.9. The van der Waals surface area contributed by atoms with Gasteiger partial charge in [0.05, 0.1) is 12.2 Å². The molecule has 134 valence electrons. The van der Waals surface area contributed by atoms with Crippen molar-refractivity contribution in [1.82, 2.24) is 19.7 Å². The molecule has 4 rings (SSSR count). The van der Waals surface area contributed by atoms with Crippen molar-refractivity contribution in [2.75, 3.05) is 4.90 Å². The molecule has 0 radical (unpaired) electrons. The SMILES string of the molecule is CC(C)(C)c1nc(N2Cc3cc(Br)ccc3OC2=O)sc1-n1cncn1. The van der Waals surface area contributed by atoms with Crippen LogP contribution in [0, 0.1) is 0 Å². The maximum atomic E-state index is 12.5. The zero-order valence-electron chi connectivity index (χ0n) is 14.4. The molecule has 3 aromatic rings. The lowest BCUT2D eigenvalue weighted by atomic mass is 9.92. The van der Waals surface area contributed by atoms with Crippen LogP contribution in [0.2, 0.25) is 0 Å². The van der Waals surface area contributed by atoms with Gasteiger partial charge in [0.2, 0.25) is 0 Å². The van der Waals surface area contributed by atoms with Gasteiger partial charge in [-0.05, 0) is 18.2 Å². The molecule has 0 atom stereocenters. The van der Waals surface area contributed by atoms with Gasteiger partial charge < -0.3 is 4.74 Å². The molecule has 26 heavy (non-hydrogen) atoms. The molecule has 9 heteroatoms. The largest absolute Gasteiger partial charge is 0.421 e. The van der Waals surface area contributed by atoms with Crippen molar-refractivity contribution in [3.63, 3.8) is 0 Å². The van der Waals surface area contributed by atoms with Crippen LogP contribution < -0.4 is 9.64 Å². The molecular formula is C17H16BrN5O2S. The molecular weight excluding hydrogens is 418 g/mol. The first-order valence-electron chi connectivity index (χ1n) is 7.97. The number of halogens is 1. The monoisotopic (exact) mass is 433 g/mol. The summed E-state index contributed by atoms with van der Waals surface area (Å²) >= 11 is 4.86. The van der Waals surface area contributed by atoms with Gasteiger partial charge in [0.1, 0.15) is 23.4 Å². The van der Waals surface area contributed by atoms with Crippen LogP contribution >= 0.6 is 27.3 Å². The maximum Gasteiger partial charge on any atom is 0.421 e. The lowest BCUT2D eigenvalue weighted by Gasteiger charge is -2.26. The lowest BCUT2D eigenvalue weighted by Crippen LogP contribution is -2.37. The standard InChI is InChI=1S/C17H16BrN5O2S/c1-17(2,3)13-14(23-9-19-8-20-23)26-15(21-13)22-7-10-6-11(18)4-5-12(10)25-16(22)24/h4-6,8-9H,7H2,1-3H3. The first kappa shape index (κ1) is 17.2. The summed E-state index contributed by atoms with van der Waals surface area (Å²) in [6.45, 7) is 6.63. The number of benzene rings is 1. The van der Waals surface area contributed by atoms with E-state index < -0.39 is 6.09 Å². The third-order valence-corrected chi connectivity index (χ3v) is 5.50. The minimum atomic E-state index is -0.431. The van der Waals surface area contributed by atoms with Crippen LogP contribution in [0.1, 0.15) is 32.0 Å². The van der Waals surface area contributed by atoms with E-state index in [1.54, 1.807) is 22.0 Å². The van der Waals surface area contributed by atoms with E-state index in [1.165, 1.54) is 17.7 Å². The Labute approximate surface area is 162 Å². The fourth-order valence-electron chi connectivity index (χ4n) is 2.67. The second kappa shape index (κ2) is 6.17. The van der Waals surface area contributed by atoms with E-state index in [0.29, 0.717) is 17.4 Å². The summed E-state index contributed by atoms with van der Waals surface area (Å²) in [5.41, 5.74) is 1.57. The van der Waals surface area contributed by atoms with Crippen molar-refractivity contribution in [3.05, 3.63) is 46.6 Å². The van der Waals surface area contributed by atoms with Gasteiger partial charge >= 0.3 is 6.09 Å². The van der Waals surface area contributed by atoms with E-state index in [9.17, 15) is 4.79 Å². The maximum absolute atomic E-state index is 12.5. The van der Waals surface area contributed by atoms with Crippen LogP contribution in [0.15, 0.2) is 35.3 Å². The van der Waals surface area contributed by atoms with Gasteiger partial charge in [-0.2, -0.15) is 5.10 Å². The van der Waals surface area contributed by atoms with Gasteiger partial charge in [-0.15, -0.1) is 0 Å². The van der Waals surface area contributed by atoms with Gasteiger partial charge in [0.25, 0.3) is 0 Å². The molecule has 0 saturated carbocycles. The Kier molecular flexibility index (Phi) is 4.07. The third kappa shape index (κ3) is 3.01. The predicted octanol–water partition coefficient (Wildman–Crippen LogP) is 4.30. The van der Waals surface area contributed by atoms with E-state index in [2.05, 4.69) is 46.8 Å². The number of hydrogen-bond acceptors (Lipinski definition) is 6. The molecule has 0 fully saturated rings. The number of ether oxygens (including phenoxy) is 1. The van der Waals surface area contributed by atoms with Gasteiger partial charge in [0.15, 0.2) is 5.13 Å². The second-order valence-electron chi connectivity index (χ2n) is 6.95. The molecule has 1 amide bonds. The number of nitrogens with zero attached hydrogens (tertiary/aromatic N) is 5. The fourth-order valence-corrected chi connectivity index (χ4v) is 4.28. The first-order valence-corrected chi connectivity index (χ1v) is 9.58. The van der Waals surface area contributed by atoms with Crippen molar-refractivity contribution >= 4 is 38.5 Å². The van der Waals surface area contributed by atoms with Crippen LogP contribution in [0.4, 0.5) is 9.93 Å². The highest BCUT2D eigenvalue weighted by molar-refractivity contribution is 9.10. The molecule has 0 bridgehead atoms. The van der Waals surface area contributed by atoms with Crippen molar-refractivity contribution in [2.45, 2.75) is 32.7 Å². The number of carbonyl (C=O) groups is 1. The number of anilines is 1. The zero-order valence-corrected chi connectivity index (χ0v) is 16.8. The zero-order chi connectivity index (χ0) is 18.5. The summed E-state index contributed by atoms with van der Waals surface area (Å²) < 4.78 is 8.10. The van der Waals surface area contributed by atoms with Crippen molar-refractivity contribution in [1.29, 1.82) is 0 Å². The third-order valence-electron chi connectivity index (χ3n) is 3.93. The summed E-state index contributed by atoms with van der Waals surface area (Å²) in [6, 6.07) is 5.59. The number of thiazole rings is 1. The number of hydrogen-bond donors (Lipinski definition) is 0. The summed E-state index contributed by atoms with van der Waals surface area (Å²) in [6.07, 6.45) is 2.68. The van der Waals surface area contributed by atoms with E-state index in [1.807, 2.05) is 12.1 Å². The lowest BCUT2D eigenvalue weighted by molar-refractivity contribution is 0.203. The molecule has 0 saturated heterocycles. The van der Waals surface area contributed by atoms with Gasteiger partial charge in [-0.1, -0.05) is 48.0 Å². The van der Waals surface area contributed by atoms with Crippen molar-refractivity contribution in [2.24, 2.45) is 0 Å². The predicted molar refractivity (Wildman–Crippen MR) is 102 cm³/mol. The minimum Gasteiger partial charge on any atom is -0.410 e. The van der Waals surface area contributed by atoms with Crippen LogP contribution in [0.25, 0.3) is 5.00 Å².